The molecule has 0 saturated carbocycles. The summed E-state index contributed by atoms with van der Waals surface area (Å²) in [6.07, 6.45) is 2.13. The Hall–Kier alpha value is -0.562. The van der Waals surface area contributed by atoms with Crippen LogP contribution >= 0.6 is 0 Å². The first-order valence-corrected chi connectivity index (χ1v) is 2.92. The van der Waals surface area contributed by atoms with Crippen molar-refractivity contribution in [2.24, 2.45) is 0 Å². The Morgan fingerprint density at radius 1 is 1.36 bits per heavy atom. The number of rotatable bonds is 4. The number of amides is 1. The molecule has 0 saturated heterocycles. The van der Waals surface area contributed by atoms with Gasteiger partial charge in [-0.25, -0.2) is 4.79 Å². The molecular formula is C7H11MoNO2. The molecule has 0 aliphatic heterocycles. The summed E-state index contributed by atoms with van der Waals surface area (Å²) in [4.78, 5) is 11.5. The van der Waals surface area contributed by atoms with Crippen LogP contribution in [0.15, 0.2) is 25.3 Å². The summed E-state index contributed by atoms with van der Waals surface area (Å²) >= 11 is 0. The van der Waals surface area contributed by atoms with E-state index in [1.54, 1.807) is 0 Å². The van der Waals surface area contributed by atoms with Crippen molar-refractivity contribution >= 4 is 6.09 Å². The summed E-state index contributed by atoms with van der Waals surface area (Å²) in [5.41, 5.74) is 0. The molecule has 0 unspecified atom stereocenters. The van der Waals surface area contributed by atoms with Gasteiger partial charge in [0, 0.05) is 34.2 Å². The first-order chi connectivity index (χ1) is 4.72. The molecule has 4 heteroatoms. The molecule has 0 atom stereocenters. The predicted molar refractivity (Wildman–Crippen MR) is 40.0 cm³/mol. The summed E-state index contributed by atoms with van der Waals surface area (Å²) in [5.74, 6) is 0. The van der Waals surface area contributed by atoms with Crippen molar-refractivity contribution in [1.29, 1.82) is 0 Å². The molecule has 0 spiro atoms. The summed E-state index contributed by atoms with van der Waals surface area (Å²) in [6.45, 7) is 7.55. The van der Waals surface area contributed by atoms with Gasteiger partial charge in [0.05, 0.1) is 0 Å². The Labute approximate surface area is 80.7 Å². The van der Waals surface area contributed by atoms with Gasteiger partial charge in [0.2, 0.25) is 0 Å². The van der Waals surface area contributed by atoms with Gasteiger partial charge in [-0.05, 0) is 0 Å². The molecule has 0 aliphatic carbocycles. The molecule has 0 rings (SSSR count). The predicted octanol–water partition coefficient (Wildman–Crippen LogP) is 1.34. The number of hydrogen-bond acceptors (Lipinski definition) is 1. The summed E-state index contributed by atoms with van der Waals surface area (Å²) in [7, 11) is 0. The molecule has 0 fully saturated rings. The fourth-order valence-corrected chi connectivity index (χ4v) is 0.542. The third kappa shape index (κ3) is 5.86. The van der Waals surface area contributed by atoms with Crippen molar-refractivity contribution in [3.8, 4) is 0 Å². The maximum atomic E-state index is 10.3. The van der Waals surface area contributed by atoms with E-state index in [-0.39, 0.29) is 21.1 Å². The summed E-state index contributed by atoms with van der Waals surface area (Å²) in [6, 6.07) is 0. The van der Waals surface area contributed by atoms with Crippen molar-refractivity contribution in [3.05, 3.63) is 25.3 Å². The van der Waals surface area contributed by atoms with E-state index in [1.807, 2.05) is 0 Å². The van der Waals surface area contributed by atoms with E-state index in [9.17, 15) is 4.79 Å². The molecule has 0 heterocycles. The number of nitrogens with zero attached hydrogens (tertiary/aromatic N) is 1. The number of hydrogen-bond donors (Lipinski definition) is 1. The summed E-state index contributed by atoms with van der Waals surface area (Å²) in [5, 5.41) is 8.47. The van der Waals surface area contributed by atoms with Gasteiger partial charge in [-0.15, -0.1) is 13.2 Å². The van der Waals surface area contributed by atoms with Crippen LogP contribution in [0, 0.1) is 0 Å². The monoisotopic (exact) mass is 239 g/mol. The fourth-order valence-electron chi connectivity index (χ4n) is 0.542. The molecule has 0 aliphatic rings. The van der Waals surface area contributed by atoms with E-state index >= 15 is 0 Å². The Balaban J connectivity index is 0. The van der Waals surface area contributed by atoms with Crippen LogP contribution in [0.5, 0.6) is 0 Å². The van der Waals surface area contributed by atoms with E-state index in [0.717, 1.165) is 0 Å². The number of carboxylic acid groups (broad SMARTS) is 1. The first kappa shape index (κ1) is 13.1. The minimum absolute atomic E-state index is 0. The molecular weight excluding hydrogens is 226 g/mol. The zero-order valence-corrected chi connectivity index (χ0v) is 8.20. The van der Waals surface area contributed by atoms with Crippen LogP contribution in [0.1, 0.15) is 0 Å². The van der Waals surface area contributed by atoms with Crippen molar-refractivity contribution in [1.82, 2.24) is 4.90 Å². The Morgan fingerprint density at radius 3 is 1.91 bits per heavy atom. The van der Waals surface area contributed by atoms with E-state index < -0.39 is 6.09 Å². The van der Waals surface area contributed by atoms with Crippen molar-refractivity contribution in [2.45, 2.75) is 0 Å². The smallest absolute Gasteiger partial charge is 0.407 e. The van der Waals surface area contributed by atoms with Gasteiger partial charge in [-0.1, -0.05) is 12.2 Å². The largest absolute Gasteiger partial charge is 0.465 e. The normalized spacial score (nSPS) is 7.64. The molecule has 1 amide bonds. The van der Waals surface area contributed by atoms with Gasteiger partial charge in [-0.3, -0.25) is 0 Å². The summed E-state index contributed by atoms with van der Waals surface area (Å²) < 4.78 is 0. The van der Waals surface area contributed by atoms with Crippen LogP contribution in [0.3, 0.4) is 0 Å². The van der Waals surface area contributed by atoms with Crippen LogP contribution in [0.25, 0.3) is 0 Å². The first-order valence-electron chi connectivity index (χ1n) is 2.92. The van der Waals surface area contributed by atoms with Crippen molar-refractivity contribution in [2.75, 3.05) is 13.1 Å². The van der Waals surface area contributed by atoms with Gasteiger partial charge < -0.3 is 10.0 Å². The average molecular weight is 237 g/mol. The van der Waals surface area contributed by atoms with Gasteiger partial charge in [0.15, 0.2) is 0 Å². The van der Waals surface area contributed by atoms with Gasteiger partial charge in [-0.2, -0.15) is 0 Å². The van der Waals surface area contributed by atoms with Crippen LogP contribution in [0.4, 0.5) is 4.79 Å². The average Bonchev–Trinajstić information content (AvgIpc) is 1.87. The quantitative estimate of drug-likeness (QED) is 0.592. The fraction of sp³-hybridized carbons (Fsp3) is 0.286. The molecule has 62 valence electrons. The Morgan fingerprint density at radius 2 is 1.73 bits per heavy atom. The van der Waals surface area contributed by atoms with Crippen molar-refractivity contribution < 1.29 is 31.0 Å². The third-order valence-electron chi connectivity index (χ3n) is 0.969. The van der Waals surface area contributed by atoms with Gasteiger partial charge >= 0.3 is 6.09 Å². The molecule has 0 bridgehead atoms. The SMILES string of the molecule is C=CCN(CC=C)C(=O)O.[Mo]. The molecule has 0 aromatic rings. The molecule has 11 heavy (non-hydrogen) atoms. The second-order valence-electron chi connectivity index (χ2n) is 1.76. The van der Waals surface area contributed by atoms with E-state index in [4.69, 9.17) is 5.11 Å². The molecule has 0 aromatic carbocycles. The maximum absolute atomic E-state index is 10.3. The minimum Gasteiger partial charge on any atom is -0.465 e. The van der Waals surface area contributed by atoms with Crippen LogP contribution in [0.2, 0.25) is 0 Å². The minimum atomic E-state index is -0.945. The van der Waals surface area contributed by atoms with Crippen LogP contribution in [-0.4, -0.2) is 29.2 Å². The molecule has 0 aromatic heterocycles. The molecule has 3 nitrogen and oxygen atoms in total. The zero-order chi connectivity index (χ0) is 7.98. The number of carbonyl (C=O) groups is 1. The standard InChI is InChI=1S/C7H11NO2.Mo/c1-3-5-8(6-4-2)7(9)10;/h3-4H,1-2,5-6H2,(H,9,10);. The second kappa shape index (κ2) is 7.54. The van der Waals surface area contributed by atoms with Gasteiger partial charge in [0.25, 0.3) is 0 Å². The molecule has 1 N–H and O–H groups in total. The topological polar surface area (TPSA) is 40.5 Å². The van der Waals surface area contributed by atoms with Gasteiger partial charge in [0.1, 0.15) is 0 Å². The maximum Gasteiger partial charge on any atom is 0.407 e. The Kier molecular flexibility index (Phi) is 8.96. The third-order valence-corrected chi connectivity index (χ3v) is 0.969. The van der Waals surface area contributed by atoms with E-state index in [2.05, 4.69) is 13.2 Å². The zero-order valence-electron chi connectivity index (χ0n) is 6.19. The van der Waals surface area contributed by atoms with E-state index in [1.165, 1.54) is 17.1 Å². The van der Waals surface area contributed by atoms with E-state index in [0.29, 0.717) is 13.1 Å². The molecule has 0 radical (unpaired) electrons. The Bertz CT molecular complexity index is 137. The van der Waals surface area contributed by atoms with Crippen LogP contribution in [-0.2, 0) is 21.1 Å². The van der Waals surface area contributed by atoms with Crippen LogP contribution < -0.4 is 0 Å². The second-order valence-corrected chi connectivity index (χ2v) is 1.76. The van der Waals surface area contributed by atoms with Crippen molar-refractivity contribution in [3.63, 3.8) is 0 Å².